The molecule has 1 aliphatic heterocycles. The summed E-state index contributed by atoms with van der Waals surface area (Å²) in [7, 11) is 0. The lowest BCUT2D eigenvalue weighted by Gasteiger charge is -2.26. The van der Waals surface area contributed by atoms with Gasteiger partial charge in [0, 0.05) is 17.7 Å². The Labute approximate surface area is 136 Å². The van der Waals surface area contributed by atoms with Gasteiger partial charge in [-0.1, -0.05) is 54.4 Å². The van der Waals surface area contributed by atoms with Crippen molar-refractivity contribution in [1.82, 2.24) is 4.90 Å². The summed E-state index contributed by atoms with van der Waals surface area (Å²) in [5, 5.41) is 0.505. The van der Waals surface area contributed by atoms with Crippen molar-refractivity contribution in [3.63, 3.8) is 0 Å². The average Bonchev–Trinajstić information content (AvgIpc) is 2.56. The van der Waals surface area contributed by atoms with E-state index in [0.717, 1.165) is 6.54 Å². The molecule has 114 valence electrons. The third kappa shape index (κ3) is 3.57. The predicted octanol–water partition coefficient (Wildman–Crippen LogP) is 4.56. The van der Waals surface area contributed by atoms with Crippen molar-refractivity contribution in [3.8, 4) is 0 Å². The number of halogens is 1. The van der Waals surface area contributed by atoms with E-state index in [1.54, 1.807) is 12.1 Å². The largest absolute Gasteiger partial charge is 0.299 e. The van der Waals surface area contributed by atoms with Gasteiger partial charge in [0.15, 0.2) is 5.78 Å². The maximum atomic E-state index is 12.5. The van der Waals surface area contributed by atoms with Crippen LogP contribution < -0.4 is 0 Å². The number of carbonyl (C=O) groups excluding carboxylic acids is 1. The Balaban J connectivity index is 1.71. The molecule has 0 bridgehead atoms. The highest BCUT2D eigenvalue weighted by atomic mass is 35.5. The fraction of sp³-hybridized carbons (Fsp3) is 0.316. The van der Waals surface area contributed by atoms with Crippen molar-refractivity contribution in [2.75, 3.05) is 13.1 Å². The predicted molar refractivity (Wildman–Crippen MR) is 90.5 cm³/mol. The number of hydrogen-bond acceptors (Lipinski definition) is 2. The Bertz CT molecular complexity index is 645. The molecule has 0 saturated carbocycles. The molecule has 0 N–H and O–H groups in total. The van der Waals surface area contributed by atoms with E-state index in [-0.39, 0.29) is 5.78 Å². The SMILES string of the molecule is O=C(c1ccc(CN2CCCCC2)cc1)c1ccccc1Cl. The summed E-state index contributed by atoms with van der Waals surface area (Å²) in [6, 6.07) is 15.1. The number of ketones is 1. The van der Waals surface area contributed by atoms with Gasteiger partial charge in [0.05, 0.1) is 5.02 Å². The van der Waals surface area contributed by atoms with Crippen LogP contribution in [0.4, 0.5) is 0 Å². The Kier molecular flexibility index (Phi) is 4.91. The second-order valence-corrected chi connectivity index (χ2v) is 6.25. The first-order valence-corrected chi connectivity index (χ1v) is 8.22. The first kappa shape index (κ1) is 15.3. The van der Waals surface area contributed by atoms with Gasteiger partial charge >= 0.3 is 0 Å². The highest BCUT2D eigenvalue weighted by molar-refractivity contribution is 6.34. The van der Waals surface area contributed by atoms with Crippen molar-refractivity contribution in [1.29, 1.82) is 0 Å². The van der Waals surface area contributed by atoms with Crippen molar-refractivity contribution < 1.29 is 4.79 Å². The lowest BCUT2D eigenvalue weighted by atomic mass is 10.0. The third-order valence-electron chi connectivity index (χ3n) is 4.19. The molecule has 3 rings (SSSR count). The number of hydrogen-bond donors (Lipinski definition) is 0. The maximum absolute atomic E-state index is 12.5. The Morgan fingerprint density at radius 2 is 1.64 bits per heavy atom. The summed E-state index contributed by atoms with van der Waals surface area (Å²) >= 11 is 6.10. The van der Waals surface area contributed by atoms with Crippen LogP contribution in [0.1, 0.15) is 40.7 Å². The summed E-state index contributed by atoms with van der Waals surface area (Å²) in [5.74, 6) is -0.0184. The number of rotatable bonds is 4. The van der Waals surface area contributed by atoms with Crippen LogP contribution in [0.3, 0.4) is 0 Å². The average molecular weight is 314 g/mol. The molecule has 0 spiro atoms. The summed E-state index contributed by atoms with van der Waals surface area (Å²) in [6.07, 6.45) is 3.94. The zero-order valence-corrected chi connectivity index (χ0v) is 13.4. The maximum Gasteiger partial charge on any atom is 0.194 e. The van der Waals surface area contributed by atoms with Gasteiger partial charge in [0.1, 0.15) is 0 Å². The quantitative estimate of drug-likeness (QED) is 0.771. The van der Waals surface area contributed by atoms with Gasteiger partial charge in [-0.3, -0.25) is 9.69 Å². The van der Waals surface area contributed by atoms with E-state index in [0.29, 0.717) is 16.1 Å². The van der Waals surface area contributed by atoms with E-state index in [1.807, 2.05) is 24.3 Å². The number of benzene rings is 2. The Morgan fingerprint density at radius 3 is 2.32 bits per heavy atom. The van der Waals surface area contributed by atoms with Crippen LogP contribution in [0, 0.1) is 0 Å². The van der Waals surface area contributed by atoms with Crippen molar-refractivity contribution in [3.05, 3.63) is 70.2 Å². The van der Waals surface area contributed by atoms with Crippen LogP contribution in [-0.2, 0) is 6.54 Å². The molecule has 2 aromatic carbocycles. The van der Waals surface area contributed by atoms with Crippen LogP contribution >= 0.6 is 11.6 Å². The number of likely N-dealkylation sites (tertiary alicyclic amines) is 1. The van der Waals surface area contributed by atoms with Crippen molar-refractivity contribution in [2.45, 2.75) is 25.8 Å². The minimum Gasteiger partial charge on any atom is -0.299 e. The molecule has 1 heterocycles. The van der Waals surface area contributed by atoms with Gasteiger partial charge in [0.2, 0.25) is 0 Å². The fourth-order valence-electron chi connectivity index (χ4n) is 2.94. The number of carbonyl (C=O) groups is 1. The lowest BCUT2D eigenvalue weighted by molar-refractivity contribution is 0.103. The minimum absolute atomic E-state index is 0.0184. The zero-order chi connectivity index (χ0) is 15.4. The van der Waals surface area contributed by atoms with Crippen LogP contribution in [-0.4, -0.2) is 23.8 Å². The molecule has 0 radical (unpaired) electrons. The molecule has 1 fully saturated rings. The monoisotopic (exact) mass is 313 g/mol. The highest BCUT2D eigenvalue weighted by Crippen LogP contribution is 2.20. The summed E-state index contributed by atoms with van der Waals surface area (Å²) < 4.78 is 0. The van der Waals surface area contributed by atoms with E-state index in [4.69, 9.17) is 11.6 Å². The molecule has 0 unspecified atom stereocenters. The molecule has 2 nitrogen and oxygen atoms in total. The summed E-state index contributed by atoms with van der Waals surface area (Å²) in [5.41, 5.74) is 2.51. The van der Waals surface area contributed by atoms with Crippen LogP contribution in [0.5, 0.6) is 0 Å². The smallest absolute Gasteiger partial charge is 0.194 e. The fourth-order valence-corrected chi connectivity index (χ4v) is 3.16. The summed E-state index contributed by atoms with van der Waals surface area (Å²) in [4.78, 5) is 15.0. The second-order valence-electron chi connectivity index (χ2n) is 5.84. The van der Waals surface area contributed by atoms with E-state index >= 15 is 0 Å². The number of piperidine rings is 1. The van der Waals surface area contributed by atoms with E-state index in [9.17, 15) is 4.79 Å². The van der Waals surface area contributed by atoms with Crippen LogP contribution in [0.15, 0.2) is 48.5 Å². The molecular weight excluding hydrogens is 294 g/mol. The molecule has 1 aliphatic rings. The zero-order valence-electron chi connectivity index (χ0n) is 12.6. The molecule has 2 aromatic rings. The lowest BCUT2D eigenvalue weighted by Crippen LogP contribution is -2.29. The molecule has 0 amide bonds. The Hall–Kier alpha value is -1.64. The van der Waals surface area contributed by atoms with Crippen LogP contribution in [0.2, 0.25) is 5.02 Å². The molecule has 0 aromatic heterocycles. The van der Waals surface area contributed by atoms with Gasteiger partial charge in [-0.25, -0.2) is 0 Å². The van der Waals surface area contributed by atoms with Crippen molar-refractivity contribution >= 4 is 17.4 Å². The molecule has 3 heteroatoms. The number of nitrogens with zero attached hydrogens (tertiary/aromatic N) is 1. The van der Waals surface area contributed by atoms with E-state index in [1.165, 1.54) is 37.9 Å². The van der Waals surface area contributed by atoms with Gasteiger partial charge < -0.3 is 0 Å². The van der Waals surface area contributed by atoms with Gasteiger partial charge in [-0.2, -0.15) is 0 Å². The van der Waals surface area contributed by atoms with Gasteiger partial charge in [-0.05, 0) is 43.6 Å². The molecule has 0 aliphatic carbocycles. The first-order chi connectivity index (χ1) is 10.7. The third-order valence-corrected chi connectivity index (χ3v) is 4.52. The Morgan fingerprint density at radius 1 is 0.955 bits per heavy atom. The molecule has 0 atom stereocenters. The summed E-state index contributed by atoms with van der Waals surface area (Å²) in [6.45, 7) is 3.33. The first-order valence-electron chi connectivity index (χ1n) is 7.84. The van der Waals surface area contributed by atoms with Crippen molar-refractivity contribution in [2.24, 2.45) is 0 Å². The van der Waals surface area contributed by atoms with Gasteiger partial charge in [0.25, 0.3) is 0 Å². The molecule has 1 saturated heterocycles. The highest BCUT2D eigenvalue weighted by Gasteiger charge is 2.13. The molecule has 22 heavy (non-hydrogen) atoms. The van der Waals surface area contributed by atoms with E-state index in [2.05, 4.69) is 17.0 Å². The minimum atomic E-state index is -0.0184. The topological polar surface area (TPSA) is 20.3 Å². The van der Waals surface area contributed by atoms with Gasteiger partial charge in [-0.15, -0.1) is 0 Å². The normalized spacial score (nSPS) is 15.7. The van der Waals surface area contributed by atoms with E-state index < -0.39 is 0 Å². The second kappa shape index (κ2) is 7.08. The van der Waals surface area contributed by atoms with Crippen LogP contribution in [0.25, 0.3) is 0 Å². The molecular formula is C19H20ClNO. The standard InChI is InChI=1S/C19H20ClNO/c20-18-7-3-2-6-17(18)19(22)16-10-8-15(9-11-16)14-21-12-4-1-5-13-21/h2-3,6-11H,1,4-5,12-14H2.